The number of carbonyl (C=O) groups excluding carboxylic acids is 2. The van der Waals surface area contributed by atoms with Gasteiger partial charge in [0.2, 0.25) is 11.8 Å². The van der Waals surface area contributed by atoms with Gasteiger partial charge in [0.25, 0.3) is 0 Å². The van der Waals surface area contributed by atoms with E-state index < -0.39 is 0 Å². The van der Waals surface area contributed by atoms with Gasteiger partial charge in [-0.1, -0.05) is 37.4 Å². The number of hydrogen-bond acceptors (Lipinski definition) is 5. The number of carbonyl (C=O) groups is 2. The van der Waals surface area contributed by atoms with Gasteiger partial charge in [0.05, 0.1) is 5.25 Å². The molecule has 0 radical (unpaired) electrons. The number of nitrogens with zero attached hydrogens (tertiary/aromatic N) is 3. The van der Waals surface area contributed by atoms with Crippen molar-refractivity contribution in [3.63, 3.8) is 0 Å². The Balaban J connectivity index is 1.87. The average molecular weight is 353 g/mol. The molecule has 134 valence electrons. The maximum atomic E-state index is 12.4. The number of rotatable bonds is 7. The van der Waals surface area contributed by atoms with E-state index >= 15 is 0 Å². The second-order valence-electron chi connectivity index (χ2n) is 6.38. The summed E-state index contributed by atoms with van der Waals surface area (Å²) >= 11 is 1.39. The Morgan fingerprint density at radius 1 is 1.29 bits per heavy atom. The van der Waals surface area contributed by atoms with Crippen LogP contribution in [0.1, 0.15) is 57.7 Å². The van der Waals surface area contributed by atoms with Crippen LogP contribution in [0.4, 0.5) is 0 Å². The van der Waals surface area contributed by atoms with Gasteiger partial charge in [-0.2, -0.15) is 0 Å². The molecule has 24 heavy (non-hydrogen) atoms. The summed E-state index contributed by atoms with van der Waals surface area (Å²) in [7, 11) is 1.84. The second kappa shape index (κ2) is 9.05. The standard InChI is InChI=1S/C16H27N5O2S/c1-11(15(23)18-12-7-5-3-4-6-8-12)24-16-20-19-14(21(16)2)10-9-13(17)22/h11-12H,3-10H2,1-2H3,(H2,17,22)(H,18,23)/t11-/m1/s1. The molecule has 8 heteroatoms. The minimum Gasteiger partial charge on any atom is -0.370 e. The molecule has 1 aliphatic rings. The van der Waals surface area contributed by atoms with Crippen molar-refractivity contribution in [2.24, 2.45) is 12.8 Å². The minimum absolute atomic E-state index is 0.0496. The number of aryl methyl sites for hydroxylation is 1. The first-order valence-corrected chi connectivity index (χ1v) is 9.49. The van der Waals surface area contributed by atoms with E-state index in [9.17, 15) is 9.59 Å². The molecule has 0 bridgehead atoms. The molecule has 7 nitrogen and oxygen atoms in total. The Labute approximate surface area is 147 Å². The van der Waals surface area contributed by atoms with Gasteiger partial charge in [0.1, 0.15) is 5.82 Å². The summed E-state index contributed by atoms with van der Waals surface area (Å²) in [4.78, 5) is 23.3. The van der Waals surface area contributed by atoms with Crippen LogP contribution < -0.4 is 11.1 Å². The molecule has 3 N–H and O–H groups in total. The molecular formula is C16H27N5O2S. The van der Waals surface area contributed by atoms with Gasteiger partial charge in [0, 0.05) is 25.9 Å². The van der Waals surface area contributed by atoms with Crippen LogP contribution in [0.3, 0.4) is 0 Å². The van der Waals surface area contributed by atoms with Crippen LogP contribution in [0.5, 0.6) is 0 Å². The molecule has 0 spiro atoms. The molecule has 1 fully saturated rings. The van der Waals surface area contributed by atoms with E-state index in [0.717, 1.165) is 12.8 Å². The van der Waals surface area contributed by atoms with Crippen LogP contribution in [-0.2, 0) is 23.1 Å². The lowest BCUT2D eigenvalue weighted by atomic mass is 10.1. The van der Waals surface area contributed by atoms with Gasteiger partial charge in [-0.05, 0) is 19.8 Å². The van der Waals surface area contributed by atoms with Crippen LogP contribution in [0.25, 0.3) is 0 Å². The van der Waals surface area contributed by atoms with E-state index in [2.05, 4.69) is 15.5 Å². The van der Waals surface area contributed by atoms with Crippen molar-refractivity contribution in [3.05, 3.63) is 5.82 Å². The van der Waals surface area contributed by atoms with Crippen LogP contribution in [-0.4, -0.2) is 37.9 Å². The van der Waals surface area contributed by atoms with Gasteiger partial charge < -0.3 is 15.6 Å². The molecule has 1 aromatic rings. The molecule has 1 aliphatic carbocycles. The molecule has 1 aromatic heterocycles. The molecule has 1 atom stereocenters. The van der Waals surface area contributed by atoms with Crippen molar-refractivity contribution in [2.45, 2.75) is 74.7 Å². The fourth-order valence-corrected chi connectivity index (χ4v) is 3.70. The van der Waals surface area contributed by atoms with Gasteiger partial charge in [-0.15, -0.1) is 10.2 Å². The molecule has 0 aliphatic heterocycles. The number of hydrogen-bond donors (Lipinski definition) is 2. The summed E-state index contributed by atoms with van der Waals surface area (Å²) in [5.41, 5.74) is 5.16. The minimum atomic E-state index is -0.358. The Morgan fingerprint density at radius 3 is 2.58 bits per heavy atom. The summed E-state index contributed by atoms with van der Waals surface area (Å²) in [6.07, 6.45) is 7.77. The zero-order chi connectivity index (χ0) is 17.5. The largest absolute Gasteiger partial charge is 0.370 e. The second-order valence-corrected chi connectivity index (χ2v) is 7.69. The predicted octanol–water partition coefficient (Wildman–Crippen LogP) is 1.55. The number of nitrogens with one attached hydrogen (secondary N) is 1. The summed E-state index contributed by atoms with van der Waals surface area (Å²) in [6, 6.07) is 0.300. The van der Waals surface area contributed by atoms with Crippen molar-refractivity contribution < 1.29 is 9.59 Å². The van der Waals surface area contributed by atoms with Gasteiger partial charge >= 0.3 is 0 Å². The molecule has 0 aromatic carbocycles. The van der Waals surface area contributed by atoms with Crippen molar-refractivity contribution in [1.29, 1.82) is 0 Å². The Bertz CT molecular complexity index is 567. The molecule has 2 amide bonds. The monoisotopic (exact) mass is 353 g/mol. The highest BCUT2D eigenvalue weighted by Gasteiger charge is 2.22. The van der Waals surface area contributed by atoms with Crippen LogP contribution in [0, 0.1) is 0 Å². The summed E-state index contributed by atoms with van der Waals surface area (Å²) < 4.78 is 1.82. The lowest BCUT2D eigenvalue weighted by Crippen LogP contribution is -2.39. The normalized spacial score (nSPS) is 17.2. The van der Waals surface area contributed by atoms with Crippen LogP contribution >= 0.6 is 11.8 Å². The van der Waals surface area contributed by atoms with E-state index in [1.165, 1.54) is 37.4 Å². The lowest BCUT2D eigenvalue weighted by molar-refractivity contribution is -0.121. The third-order valence-electron chi connectivity index (χ3n) is 4.37. The number of primary amides is 1. The van der Waals surface area contributed by atoms with E-state index in [0.29, 0.717) is 23.4 Å². The zero-order valence-electron chi connectivity index (χ0n) is 14.5. The Kier molecular flexibility index (Phi) is 7.08. The van der Waals surface area contributed by atoms with Crippen molar-refractivity contribution >= 4 is 23.6 Å². The lowest BCUT2D eigenvalue weighted by Gasteiger charge is -2.19. The topological polar surface area (TPSA) is 103 Å². The maximum absolute atomic E-state index is 12.4. The van der Waals surface area contributed by atoms with Gasteiger partial charge in [-0.25, -0.2) is 0 Å². The molecule has 1 heterocycles. The predicted molar refractivity (Wildman–Crippen MR) is 93.5 cm³/mol. The number of amides is 2. The van der Waals surface area contributed by atoms with Crippen molar-refractivity contribution in [1.82, 2.24) is 20.1 Å². The van der Waals surface area contributed by atoms with Gasteiger partial charge in [0.15, 0.2) is 5.16 Å². The SMILES string of the molecule is C[C@@H](Sc1nnc(CCC(N)=O)n1C)C(=O)NC1CCCCCC1. The summed E-state index contributed by atoms with van der Waals surface area (Å²) in [5, 5.41) is 11.8. The molecule has 1 saturated carbocycles. The fraction of sp³-hybridized carbons (Fsp3) is 0.750. The van der Waals surface area contributed by atoms with Crippen LogP contribution in [0.15, 0.2) is 5.16 Å². The van der Waals surface area contributed by atoms with E-state index in [4.69, 9.17) is 5.73 Å². The Hall–Kier alpha value is -1.57. The first-order valence-electron chi connectivity index (χ1n) is 8.61. The Morgan fingerprint density at radius 2 is 1.96 bits per heavy atom. The summed E-state index contributed by atoms with van der Waals surface area (Å²) in [6.45, 7) is 1.88. The smallest absolute Gasteiger partial charge is 0.233 e. The highest BCUT2D eigenvalue weighted by Crippen LogP contribution is 2.23. The zero-order valence-corrected chi connectivity index (χ0v) is 15.3. The van der Waals surface area contributed by atoms with Gasteiger partial charge in [-0.3, -0.25) is 9.59 Å². The third kappa shape index (κ3) is 5.51. The van der Waals surface area contributed by atoms with E-state index in [1.807, 2.05) is 18.5 Å². The number of thioether (sulfide) groups is 1. The number of aromatic nitrogens is 3. The van der Waals surface area contributed by atoms with E-state index in [1.54, 1.807) is 0 Å². The number of nitrogens with two attached hydrogens (primary N) is 1. The molecular weight excluding hydrogens is 326 g/mol. The molecule has 0 unspecified atom stereocenters. The maximum Gasteiger partial charge on any atom is 0.233 e. The first kappa shape index (κ1) is 18.8. The van der Waals surface area contributed by atoms with E-state index in [-0.39, 0.29) is 23.5 Å². The highest BCUT2D eigenvalue weighted by atomic mass is 32.2. The quantitative estimate of drug-likeness (QED) is 0.572. The van der Waals surface area contributed by atoms with Crippen LogP contribution in [0.2, 0.25) is 0 Å². The molecule has 0 saturated heterocycles. The third-order valence-corrected chi connectivity index (χ3v) is 5.51. The van der Waals surface area contributed by atoms with Crippen molar-refractivity contribution in [3.8, 4) is 0 Å². The first-order chi connectivity index (χ1) is 11.5. The average Bonchev–Trinajstić information content (AvgIpc) is 2.74. The van der Waals surface area contributed by atoms with Crippen molar-refractivity contribution in [2.75, 3.05) is 0 Å². The fourth-order valence-electron chi connectivity index (χ4n) is 2.85. The highest BCUT2D eigenvalue weighted by molar-refractivity contribution is 8.00. The summed E-state index contributed by atoms with van der Waals surface area (Å²) in [5.74, 6) is 0.393. The molecule has 2 rings (SSSR count).